The molecule has 2 rings (SSSR count). The number of hydrogen-bond acceptors (Lipinski definition) is 4. The van der Waals surface area contributed by atoms with Gasteiger partial charge in [0.1, 0.15) is 5.75 Å². The fourth-order valence-corrected chi connectivity index (χ4v) is 2.25. The summed E-state index contributed by atoms with van der Waals surface area (Å²) in [4.78, 5) is 22.1. The predicted octanol–water partition coefficient (Wildman–Crippen LogP) is 4.23. The van der Waals surface area contributed by atoms with Gasteiger partial charge in [-0.3, -0.25) is 14.9 Å². The topological polar surface area (TPSA) is 81.5 Å². The average molecular weight is 355 g/mol. The molecule has 0 radical (unpaired) electrons. The minimum atomic E-state index is -0.542. The van der Waals surface area contributed by atoms with Crippen molar-refractivity contribution in [1.29, 1.82) is 0 Å². The molecule has 0 spiro atoms. The third-order valence-electron chi connectivity index (χ3n) is 2.95. The smallest absolute Gasteiger partial charge is 0.273 e. The number of ether oxygens (including phenoxy) is 1. The van der Waals surface area contributed by atoms with Gasteiger partial charge in [-0.1, -0.05) is 35.3 Å². The van der Waals surface area contributed by atoms with E-state index in [4.69, 9.17) is 27.9 Å². The highest BCUT2D eigenvalue weighted by molar-refractivity contribution is 6.40. The summed E-state index contributed by atoms with van der Waals surface area (Å²) >= 11 is 12.1. The molecule has 0 saturated heterocycles. The SMILES string of the molecule is Cc1ccc(Cl)c(NC(=O)COc2cccc([N+](=O)[O-])c2)c1Cl. The van der Waals surface area contributed by atoms with Crippen LogP contribution >= 0.6 is 23.2 Å². The third kappa shape index (κ3) is 4.34. The molecule has 23 heavy (non-hydrogen) atoms. The summed E-state index contributed by atoms with van der Waals surface area (Å²) in [5.74, 6) is -0.262. The maximum Gasteiger partial charge on any atom is 0.273 e. The first kappa shape index (κ1) is 17.1. The first-order valence-corrected chi connectivity index (χ1v) is 7.26. The van der Waals surface area contributed by atoms with Gasteiger partial charge in [0.2, 0.25) is 0 Å². The molecule has 0 aliphatic heterocycles. The number of halogens is 2. The molecular weight excluding hydrogens is 343 g/mol. The fraction of sp³-hybridized carbons (Fsp3) is 0.133. The Balaban J connectivity index is 2.02. The van der Waals surface area contributed by atoms with Crippen molar-refractivity contribution in [3.05, 3.63) is 62.1 Å². The second-order valence-corrected chi connectivity index (χ2v) is 5.43. The van der Waals surface area contributed by atoms with E-state index in [0.29, 0.717) is 15.7 Å². The zero-order valence-corrected chi connectivity index (χ0v) is 13.5. The standard InChI is InChI=1S/C15H12Cl2N2O4/c1-9-5-6-12(16)15(14(9)17)18-13(20)8-23-11-4-2-3-10(7-11)19(21)22/h2-7H,8H2,1H3,(H,18,20). The summed E-state index contributed by atoms with van der Waals surface area (Å²) in [6, 6.07) is 8.92. The van der Waals surface area contributed by atoms with Crippen LogP contribution < -0.4 is 10.1 Å². The Morgan fingerprint density at radius 1 is 1.30 bits per heavy atom. The Labute approximate surface area is 142 Å². The van der Waals surface area contributed by atoms with Crippen LogP contribution in [-0.4, -0.2) is 17.4 Å². The molecule has 0 bridgehead atoms. The van der Waals surface area contributed by atoms with Crippen molar-refractivity contribution < 1.29 is 14.5 Å². The van der Waals surface area contributed by atoms with Crippen molar-refractivity contribution in [2.75, 3.05) is 11.9 Å². The number of nitro benzene ring substituents is 1. The number of rotatable bonds is 5. The highest BCUT2D eigenvalue weighted by Crippen LogP contribution is 2.32. The number of hydrogen-bond donors (Lipinski definition) is 1. The zero-order chi connectivity index (χ0) is 17.0. The van der Waals surface area contributed by atoms with Crippen molar-refractivity contribution in [2.24, 2.45) is 0 Å². The van der Waals surface area contributed by atoms with E-state index in [2.05, 4.69) is 5.32 Å². The third-order valence-corrected chi connectivity index (χ3v) is 3.75. The van der Waals surface area contributed by atoms with E-state index in [1.165, 1.54) is 24.3 Å². The molecule has 0 atom stereocenters. The van der Waals surface area contributed by atoms with Gasteiger partial charge in [0.15, 0.2) is 6.61 Å². The Hall–Kier alpha value is -2.31. The van der Waals surface area contributed by atoms with E-state index in [-0.39, 0.29) is 18.0 Å². The lowest BCUT2D eigenvalue weighted by Gasteiger charge is -2.11. The van der Waals surface area contributed by atoms with Crippen LogP contribution in [-0.2, 0) is 4.79 Å². The van der Waals surface area contributed by atoms with Crippen molar-refractivity contribution >= 4 is 40.5 Å². The van der Waals surface area contributed by atoms with Crippen molar-refractivity contribution in [1.82, 2.24) is 0 Å². The van der Waals surface area contributed by atoms with Gasteiger partial charge in [-0.05, 0) is 24.6 Å². The van der Waals surface area contributed by atoms with Crippen LogP contribution in [0.25, 0.3) is 0 Å². The van der Waals surface area contributed by atoms with E-state index >= 15 is 0 Å². The lowest BCUT2D eigenvalue weighted by Crippen LogP contribution is -2.20. The van der Waals surface area contributed by atoms with E-state index in [9.17, 15) is 14.9 Å². The maximum absolute atomic E-state index is 11.9. The number of aryl methyl sites for hydroxylation is 1. The van der Waals surface area contributed by atoms with Gasteiger partial charge >= 0.3 is 0 Å². The molecule has 0 aromatic heterocycles. The van der Waals surface area contributed by atoms with Gasteiger partial charge in [0.25, 0.3) is 11.6 Å². The van der Waals surface area contributed by atoms with E-state index < -0.39 is 10.8 Å². The second-order valence-electron chi connectivity index (χ2n) is 4.64. The number of carbonyl (C=O) groups excluding carboxylic acids is 1. The number of non-ortho nitro benzene ring substituents is 1. The first-order chi connectivity index (χ1) is 10.9. The zero-order valence-electron chi connectivity index (χ0n) is 12.0. The van der Waals surface area contributed by atoms with Crippen LogP contribution in [0.2, 0.25) is 10.0 Å². The van der Waals surface area contributed by atoms with Crippen LogP contribution in [0.15, 0.2) is 36.4 Å². The van der Waals surface area contributed by atoms with Crippen molar-refractivity contribution in [2.45, 2.75) is 6.92 Å². The number of anilines is 1. The molecule has 2 aromatic rings. The molecule has 0 heterocycles. The molecule has 8 heteroatoms. The first-order valence-electron chi connectivity index (χ1n) is 6.50. The summed E-state index contributed by atoms with van der Waals surface area (Å²) in [6.45, 7) is 1.45. The number of carbonyl (C=O) groups is 1. The molecular formula is C15H12Cl2N2O4. The Bertz CT molecular complexity index is 765. The summed E-state index contributed by atoms with van der Waals surface area (Å²) < 4.78 is 5.24. The minimum absolute atomic E-state index is 0.118. The second kappa shape index (κ2) is 7.30. The quantitative estimate of drug-likeness (QED) is 0.643. The Morgan fingerprint density at radius 3 is 2.74 bits per heavy atom. The highest BCUT2D eigenvalue weighted by atomic mass is 35.5. The molecule has 120 valence electrons. The Kier molecular flexibility index (Phi) is 5.41. The average Bonchev–Trinajstić information content (AvgIpc) is 2.53. The van der Waals surface area contributed by atoms with Gasteiger partial charge in [-0.2, -0.15) is 0 Å². The molecule has 0 aliphatic rings. The van der Waals surface area contributed by atoms with Crippen LogP contribution in [0, 0.1) is 17.0 Å². The van der Waals surface area contributed by atoms with Gasteiger partial charge < -0.3 is 10.1 Å². The van der Waals surface area contributed by atoms with Crippen LogP contribution in [0.4, 0.5) is 11.4 Å². The predicted molar refractivity (Wildman–Crippen MR) is 88.4 cm³/mol. The molecule has 0 saturated carbocycles. The lowest BCUT2D eigenvalue weighted by atomic mass is 10.2. The van der Waals surface area contributed by atoms with Crippen molar-refractivity contribution in [3.63, 3.8) is 0 Å². The number of benzene rings is 2. The molecule has 2 aromatic carbocycles. The summed E-state index contributed by atoms with van der Waals surface area (Å²) in [6.07, 6.45) is 0. The fourth-order valence-electron chi connectivity index (χ4n) is 1.78. The van der Waals surface area contributed by atoms with E-state index in [0.717, 1.165) is 5.56 Å². The van der Waals surface area contributed by atoms with Gasteiger partial charge in [0.05, 0.1) is 26.7 Å². The van der Waals surface area contributed by atoms with Crippen LogP contribution in [0.1, 0.15) is 5.56 Å². The lowest BCUT2D eigenvalue weighted by molar-refractivity contribution is -0.384. The number of nitrogens with one attached hydrogen (secondary N) is 1. The number of amides is 1. The van der Waals surface area contributed by atoms with Crippen LogP contribution in [0.3, 0.4) is 0 Å². The summed E-state index contributed by atoms with van der Waals surface area (Å²) in [5, 5.41) is 13.9. The summed E-state index contributed by atoms with van der Waals surface area (Å²) in [5.41, 5.74) is 0.958. The maximum atomic E-state index is 11.9. The van der Waals surface area contributed by atoms with Gasteiger partial charge in [-0.15, -0.1) is 0 Å². The Morgan fingerprint density at radius 2 is 2.04 bits per heavy atom. The van der Waals surface area contributed by atoms with E-state index in [1.54, 1.807) is 19.1 Å². The van der Waals surface area contributed by atoms with Crippen molar-refractivity contribution in [3.8, 4) is 5.75 Å². The monoisotopic (exact) mass is 354 g/mol. The highest BCUT2D eigenvalue weighted by Gasteiger charge is 2.13. The summed E-state index contributed by atoms with van der Waals surface area (Å²) in [7, 11) is 0. The largest absolute Gasteiger partial charge is 0.484 e. The van der Waals surface area contributed by atoms with E-state index in [1.807, 2.05) is 0 Å². The number of nitro groups is 1. The molecule has 0 fully saturated rings. The normalized spacial score (nSPS) is 10.2. The molecule has 1 amide bonds. The molecule has 0 unspecified atom stereocenters. The van der Waals surface area contributed by atoms with Gasteiger partial charge in [-0.25, -0.2) is 0 Å². The minimum Gasteiger partial charge on any atom is -0.484 e. The number of nitrogens with zero attached hydrogens (tertiary/aromatic N) is 1. The molecule has 0 aliphatic carbocycles. The van der Waals surface area contributed by atoms with Gasteiger partial charge in [0, 0.05) is 6.07 Å². The molecule has 6 nitrogen and oxygen atoms in total. The van der Waals surface area contributed by atoms with Crippen LogP contribution in [0.5, 0.6) is 5.75 Å². The molecule has 1 N–H and O–H groups in total.